The maximum atomic E-state index is 11.0. The van der Waals surface area contributed by atoms with Crippen molar-refractivity contribution in [3.63, 3.8) is 0 Å². The molecule has 0 radical (unpaired) electrons. The average molecular weight is 183 g/mol. The van der Waals surface area contributed by atoms with Gasteiger partial charge in [-0.1, -0.05) is 0 Å². The second-order valence-corrected chi connectivity index (χ2v) is 2.90. The normalized spacial score (nSPS) is 8.82. The Kier molecular flexibility index (Phi) is 2.65. The van der Waals surface area contributed by atoms with Crippen LogP contribution in [0.5, 0.6) is 0 Å². The molecular weight excluding hydrogens is 178 g/mol. The molecule has 56 valence electrons. The highest BCUT2D eigenvalue weighted by Crippen LogP contribution is 2.14. The van der Waals surface area contributed by atoms with E-state index in [-0.39, 0.29) is 5.91 Å². The van der Waals surface area contributed by atoms with Crippen molar-refractivity contribution >= 4 is 34.6 Å². The fourth-order valence-corrected chi connectivity index (χ4v) is 1.59. The van der Waals surface area contributed by atoms with Crippen molar-refractivity contribution in [2.24, 2.45) is 4.99 Å². The predicted molar refractivity (Wildman–Crippen MR) is 48.4 cm³/mol. The van der Waals surface area contributed by atoms with Crippen molar-refractivity contribution < 1.29 is 4.79 Å². The van der Waals surface area contributed by atoms with Crippen LogP contribution in [0.1, 0.15) is 15.9 Å². The topological polar surface area (TPSA) is 29.4 Å². The Hall–Kier alpha value is -0.830. The van der Waals surface area contributed by atoms with Crippen LogP contribution in [0.2, 0.25) is 0 Å². The molecule has 2 nitrogen and oxygen atoms in total. The summed E-state index contributed by atoms with van der Waals surface area (Å²) in [7, 11) is 0. The number of aliphatic imine (C=N–C) groups is 1. The second kappa shape index (κ2) is 3.53. The highest BCUT2D eigenvalue weighted by molar-refractivity contribution is 7.78. The zero-order chi connectivity index (χ0) is 8.27. The number of thiocarbonyl (C=S) groups is 1. The number of carbonyl (C=O) groups is 1. The molecule has 0 aliphatic carbocycles. The van der Waals surface area contributed by atoms with Gasteiger partial charge in [-0.05, 0) is 30.1 Å². The number of aryl methyl sites for hydroxylation is 1. The quantitative estimate of drug-likeness (QED) is 0.494. The maximum Gasteiger partial charge on any atom is 0.286 e. The lowest BCUT2D eigenvalue weighted by Crippen LogP contribution is -1.92. The fraction of sp³-hybridized carbons (Fsp3) is 0.143. The molecule has 1 amide bonds. The van der Waals surface area contributed by atoms with E-state index in [9.17, 15) is 4.79 Å². The molecule has 0 aromatic carbocycles. The van der Waals surface area contributed by atoms with Crippen LogP contribution in [0.25, 0.3) is 0 Å². The molecule has 0 unspecified atom stereocenters. The van der Waals surface area contributed by atoms with E-state index in [0.717, 1.165) is 5.56 Å². The smallest absolute Gasteiger partial charge is 0.266 e. The number of amides is 1. The summed E-state index contributed by atoms with van der Waals surface area (Å²) < 4.78 is 0. The minimum Gasteiger partial charge on any atom is -0.266 e. The number of hydrogen-bond donors (Lipinski definition) is 0. The van der Waals surface area contributed by atoms with Crippen LogP contribution in [0, 0.1) is 6.92 Å². The molecule has 0 spiro atoms. The molecule has 1 aromatic rings. The number of isothiocyanates is 1. The number of rotatable bonds is 1. The van der Waals surface area contributed by atoms with E-state index in [2.05, 4.69) is 17.2 Å². The molecule has 0 N–H and O–H groups in total. The maximum absolute atomic E-state index is 11.0. The summed E-state index contributed by atoms with van der Waals surface area (Å²) in [5.74, 6) is -0.307. The molecule has 1 heterocycles. The first kappa shape index (κ1) is 8.27. The summed E-state index contributed by atoms with van der Waals surface area (Å²) in [5, 5.41) is 5.70. The lowest BCUT2D eigenvalue weighted by molar-refractivity contribution is 0.100. The Labute approximate surface area is 73.6 Å². The van der Waals surface area contributed by atoms with E-state index < -0.39 is 0 Å². The summed E-state index contributed by atoms with van der Waals surface area (Å²) in [6.45, 7) is 1.86. The molecule has 0 saturated carbocycles. The average Bonchev–Trinajstić information content (AvgIpc) is 2.36. The summed E-state index contributed by atoms with van der Waals surface area (Å²) >= 11 is 5.79. The summed E-state index contributed by atoms with van der Waals surface area (Å²) in [5.41, 5.74) is 1.56. The van der Waals surface area contributed by atoms with Gasteiger partial charge in [0.2, 0.25) is 0 Å². The highest BCUT2D eigenvalue weighted by Gasteiger charge is 2.06. The van der Waals surface area contributed by atoms with Crippen LogP contribution in [-0.4, -0.2) is 11.1 Å². The first-order chi connectivity index (χ1) is 5.25. The Morgan fingerprint density at radius 2 is 2.45 bits per heavy atom. The van der Waals surface area contributed by atoms with Gasteiger partial charge in [0.1, 0.15) is 0 Å². The Bertz CT molecular complexity index is 323. The minimum absolute atomic E-state index is 0.307. The molecule has 4 heteroatoms. The zero-order valence-electron chi connectivity index (χ0n) is 5.83. The third-order valence-corrected chi connectivity index (χ3v) is 2.19. The van der Waals surface area contributed by atoms with Gasteiger partial charge in [-0.2, -0.15) is 16.3 Å². The van der Waals surface area contributed by atoms with E-state index in [4.69, 9.17) is 0 Å². The highest BCUT2D eigenvalue weighted by atomic mass is 32.1. The van der Waals surface area contributed by atoms with Crippen LogP contribution in [0.15, 0.2) is 15.8 Å². The first-order valence-electron chi connectivity index (χ1n) is 2.90. The third-order valence-electron chi connectivity index (χ3n) is 1.23. The van der Waals surface area contributed by atoms with Crippen molar-refractivity contribution in [3.05, 3.63) is 21.9 Å². The van der Waals surface area contributed by atoms with Gasteiger partial charge >= 0.3 is 0 Å². The Balaban J connectivity index is 3.02. The van der Waals surface area contributed by atoms with Gasteiger partial charge < -0.3 is 0 Å². The standard InChI is InChI=1S/C7H5NOS2/c1-5-2-11-3-6(5)7(9)8-4-10/h2-3H,1H3. The molecule has 0 saturated heterocycles. The fourth-order valence-electron chi connectivity index (χ4n) is 0.681. The largest absolute Gasteiger partial charge is 0.286 e. The molecule has 1 rings (SSSR count). The third kappa shape index (κ3) is 1.80. The van der Waals surface area contributed by atoms with E-state index >= 15 is 0 Å². The van der Waals surface area contributed by atoms with Crippen LogP contribution in [0.3, 0.4) is 0 Å². The van der Waals surface area contributed by atoms with E-state index in [0.29, 0.717) is 5.56 Å². The van der Waals surface area contributed by atoms with Gasteiger partial charge in [0.15, 0.2) is 0 Å². The SMILES string of the molecule is Cc1cscc1C(=O)N=C=S. The van der Waals surface area contributed by atoms with Gasteiger partial charge in [-0.25, -0.2) is 0 Å². The van der Waals surface area contributed by atoms with E-state index in [1.807, 2.05) is 17.5 Å². The molecule has 0 bridgehead atoms. The van der Waals surface area contributed by atoms with Crippen LogP contribution in [0.4, 0.5) is 0 Å². The lowest BCUT2D eigenvalue weighted by atomic mass is 10.2. The molecule has 0 aliphatic rings. The van der Waals surface area contributed by atoms with Gasteiger partial charge in [-0.15, -0.1) is 0 Å². The Morgan fingerprint density at radius 1 is 1.73 bits per heavy atom. The van der Waals surface area contributed by atoms with Gasteiger partial charge in [0.05, 0.1) is 10.7 Å². The van der Waals surface area contributed by atoms with Crippen molar-refractivity contribution in [1.82, 2.24) is 0 Å². The van der Waals surface area contributed by atoms with Crippen molar-refractivity contribution in [3.8, 4) is 0 Å². The van der Waals surface area contributed by atoms with Crippen molar-refractivity contribution in [1.29, 1.82) is 0 Å². The lowest BCUT2D eigenvalue weighted by Gasteiger charge is -1.87. The predicted octanol–water partition coefficient (Wildman–Crippen LogP) is 2.30. The molecular formula is C7H5NOS2. The zero-order valence-corrected chi connectivity index (χ0v) is 7.46. The number of nitrogens with zero attached hydrogens (tertiary/aromatic N) is 1. The first-order valence-corrected chi connectivity index (χ1v) is 4.26. The minimum atomic E-state index is -0.307. The summed E-state index contributed by atoms with van der Waals surface area (Å²) in [4.78, 5) is 14.4. The molecule has 0 fully saturated rings. The second-order valence-electron chi connectivity index (χ2n) is 1.98. The van der Waals surface area contributed by atoms with Gasteiger partial charge in [-0.3, -0.25) is 4.79 Å². The molecule has 0 aliphatic heterocycles. The van der Waals surface area contributed by atoms with Gasteiger partial charge in [0, 0.05) is 5.38 Å². The molecule has 0 atom stereocenters. The van der Waals surface area contributed by atoms with Gasteiger partial charge in [0.25, 0.3) is 5.91 Å². The van der Waals surface area contributed by atoms with Crippen LogP contribution < -0.4 is 0 Å². The number of hydrogen-bond acceptors (Lipinski definition) is 3. The summed E-state index contributed by atoms with van der Waals surface area (Å²) in [6, 6.07) is 0. The van der Waals surface area contributed by atoms with Crippen molar-refractivity contribution in [2.75, 3.05) is 0 Å². The van der Waals surface area contributed by atoms with E-state index in [1.54, 1.807) is 5.38 Å². The molecule has 1 aromatic heterocycles. The number of carbonyl (C=O) groups excluding carboxylic acids is 1. The summed E-state index contributed by atoms with van der Waals surface area (Å²) in [6.07, 6.45) is 0. The van der Waals surface area contributed by atoms with Crippen LogP contribution >= 0.6 is 23.6 Å². The number of thiophene rings is 1. The van der Waals surface area contributed by atoms with Crippen molar-refractivity contribution in [2.45, 2.75) is 6.92 Å². The van der Waals surface area contributed by atoms with E-state index in [1.165, 1.54) is 11.3 Å². The van der Waals surface area contributed by atoms with Crippen LogP contribution in [-0.2, 0) is 0 Å². The molecule has 11 heavy (non-hydrogen) atoms. The monoisotopic (exact) mass is 183 g/mol. The Morgan fingerprint density at radius 3 is 2.91 bits per heavy atom.